The minimum Gasteiger partial charge on any atom is -0.489 e. The highest BCUT2D eigenvalue weighted by atomic mass is 16.5. The highest BCUT2D eigenvalue weighted by Gasteiger charge is 2.13. The Morgan fingerprint density at radius 2 is 2.06 bits per heavy atom. The zero-order valence-corrected chi connectivity index (χ0v) is 10.3. The Morgan fingerprint density at radius 1 is 1.22 bits per heavy atom. The maximum absolute atomic E-state index is 10.2. The normalized spacial score (nSPS) is 12.4. The molecule has 0 amide bonds. The molecule has 0 aromatic carbocycles. The van der Waals surface area contributed by atoms with E-state index >= 15 is 0 Å². The fourth-order valence-electron chi connectivity index (χ4n) is 1.56. The predicted octanol–water partition coefficient (Wildman–Crippen LogP) is 1.74. The van der Waals surface area contributed by atoms with Gasteiger partial charge >= 0.3 is 0 Å². The van der Waals surface area contributed by atoms with E-state index in [9.17, 15) is 5.11 Å². The van der Waals surface area contributed by atoms with Crippen LogP contribution in [0.3, 0.4) is 0 Å². The van der Waals surface area contributed by atoms with Gasteiger partial charge in [-0.3, -0.25) is 4.98 Å². The van der Waals surface area contributed by atoms with Crippen LogP contribution in [0, 0.1) is 0 Å². The van der Waals surface area contributed by atoms with Crippen LogP contribution in [0.1, 0.15) is 31.2 Å². The van der Waals surface area contributed by atoms with Crippen molar-refractivity contribution in [3.05, 3.63) is 48.3 Å². The molecule has 5 heteroatoms. The zero-order chi connectivity index (χ0) is 13.0. The van der Waals surface area contributed by atoms with Gasteiger partial charge in [0.25, 0.3) is 0 Å². The Balaban J connectivity index is 2.23. The third-order valence-corrected chi connectivity index (χ3v) is 2.31. The highest BCUT2D eigenvalue weighted by Crippen LogP contribution is 2.22. The first-order chi connectivity index (χ1) is 8.66. The summed E-state index contributed by atoms with van der Waals surface area (Å²) in [5, 5.41) is 10.2. The molecule has 0 radical (unpaired) electrons. The number of hydrogen-bond donors (Lipinski definition) is 1. The molecule has 1 N–H and O–H groups in total. The fraction of sp³-hybridized carbons (Fsp3) is 0.308. The lowest BCUT2D eigenvalue weighted by molar-refractivity contribution is 0.211. The molecule has 2 aromatic heterocycles. The summed E-state index contributed by atoms with van der Waals surface area (Å²) in [6.45, 7) is 3.88. The second-order valence-corrected chi connectivity index (χ2v) is 4.16. The Labute approximate surface area is 106 Å². The average molecular weight is 245 g/mol. The molecule has 0 spiro atoms. The summed E-state index contributed by atoms with van der Waals surface area (Å²) in [4.78, 5) is 11.9. The van der Waals surface area contributed by atoms with E-state index in [1.807, 2.05) is 13.8 Å². The van der Waals surface area contributed by atoms with Gasteiger partial charge < -0.3 is 9.84 Å². The first kappa shape index (κ1) is 12.4. The molecule has 0 saturated heterocycles. The minimum atomic E-state index is -0.823. The van der Waals surface area contributed by atoms with Crippen molar-refractivity contribution in [2.45, 2.75) is 26.1 Å². The second kappa shape index (κ2) is 5.55. The third-order valence-electron chi connectivity index (χ3n) is 2.31. The summed E-state index contributed by atoms with van der Waals surface area (Å²) in [6.07, 6.45) is 5.46. The Hall–Kier alpha value is -2.01. The van der Waals surface area contributed by atoms with E-state index in [0.29, 0.717) is 17.0 Å². The van der Waals surface area contributed by atoms with Gasteiger partial charge in [0.15, 0.2) is 0 Å². The highest BCUT2D eigenvalue weighted by molar-refractivity contribution is 5.29. The molecule has 0 aliphatic carbocycles. The van der Waals surface area contributed by atoms with Crippen molar-refractivity contribution in [1.82, 2.24) is 15.0 Å². The summed E-state index contributed by atoms with van der Waals surface area (Å²) < 4.78 is 5.53. The van der Waals surface area contributed by atoms with Crippen LogP contribution >= 0.6 is 0 Å². The summed E-state index contributed by atoms with van der Waals surface area (Å²) in [7, 11) is 0. The number of aliphatic hydroxyl groups excluding tert-OH is 1. The lowest BCUT2D eigenvalue weighted by Crippen LogP contribution is -2.07. The largest absolute Gasteiger partial charge is 0.489 e. The molecule has 2 aromatic rings. The smallest absolute Gasteiger partial charge is 0.138 e. The van der Waals surface area contributed by atoms with Crippen LogP contribution in [0.15, 0.2) is 37.1 Å². The van der Waals surface area contributed by atoms with Gasteiger partial charge in [-0.25, -0.2) is 9.97 Å². The average Bonchev–Trinajstić information content (AvgIpc) is 2.38. The van der Waals surface area contributed by atoms with Crippen LogP contribution in [0.4, 0.5) is 0 Å². The molecule has 2 rings (SSSR count). The summed E-state index contributed by atoms with van der Waals surface area (Å²) in [5.74, 6) is 0.635. The van der Waals surface area contributed by atoms with Gasteiger partial charge in [0.05, 0.1) is 18.0 Å². The van der Waals surface area contributed by atoms with Crippen molar-refractivity contribution in [3.8, 4) is 5.75 Å². The number of aliphatic hydroxyl groups is 1. The van der Waals surface area contributed by atoms with Gasteiger partial charge in [0.1, 0.15) is 18.2 Å². The standard InChI is InChI=1S/C13H15N3O2/c1-9(2)18-11-5-10(6-15-7-11)13(17)12-3-4-14-8-16-12/h3-9,13,17H,1-2H3. The molecule has 0 fully saturated rings. The van der Waals surface area contributed by atoms with E-state index in [-0.39, 0.29) is 6.10 Å². The van der Waals surface area contributed by atoms with Crippen LogP contribution in [0.5, 0.6) is 5.75 Å². The number of aromatic nitrogens is 3. The molecule has 94 valence electrons. The van der Waals surface area contributed by atoms with Gasteiger partial charge in [-0.15, -0.1) is 0 Å². The van der Waals surface area contributed by atoms with Gasteiger partial charge in [0, 0.05) is 18.0 Å². The molecular formula is C13H15N3O2. The molecule has 1 unspecified atom stereocenters. The van der Waals surface area contributed by atoms with Crippen LogP contribution in [-0.2, 0) is 0 Å². The van der Waals surface area contributed by atoms with Gasteiger partial charge in [-0.2, -0.15) is 0 Å². The first-order valence-corrected chi connectivity index (χ1v) is 5.72. The Kier molecular flexibility index (Phi) is 3.84. The zero-order valence-electron chi connectivity index (χ0n) is 10.3. The molecular weight excluding hydrogens is 230 g/mol. The molecule has 18 heavy (non-hydrogen) atoms. The number of rotatable bonds is 4. The van der Waals surface area contributed by atoms with E-state index in [4.69, 9.17) is 4.74 Å². The molecule has 0 aliphatic rings. The number of nitrogens with zero attached hydrogens (tertiary/aromatic N) is 3. The first-order valence-electron chi connectivity index (χ1n) is 5.72. The SMILES string of the molecule is CC(C)Oc1cncc(C(O)c2ccncn2)c1. The second-order valence-electron chi connectivity index (χ2n) is 4.16. The van der Waals surface area contributed by atoms with Crippen molar-refractivity contribution < 1.29 is 9.84 Å². The maximum atomic E-state index is 10.2. The van der Waals surface area contributed by atoms with Gasteiger partial charge in [-0.1, -0.05) is 0 Å². The maximum Gasteiger partial charge on any atom is 0.138 e. The number of hydrogen-bond acceptors (Lipinski definition) is 5. The third kappa shape index (κ3) is 3.01. The monoisotopic (exact) mass is 245 g/mol. The van der Waals surface area contributed by atoms with Crippen molar-refractivity contribution in [3.63, 3.8) is 0 Å². The van der Waals surface area contributed by atoms with Crippen molar-refractivity contribution in [2.24, 2.45) is 0 Å². The summed E-state index contributed by atoms with van der Waals surface area (Å²) in [6, 6.07) is 3.43. The Morgan fingerprint density at radius 3 is 2.72 bits per heavy atom. The van der Waals surface area contributed by atoms with E-state index < -0.39 is 6.10 Å². The Bertz CT molecular complexity index is 503. The van der Waals surface area contributed by atoms with E-state index in [1.165, 1.54) is 6.33 Å². The minimum absolute atomic E-state index is 0.0678. The van der Waals surface area contributed by atoms with Crippen LogP contribution in [0.25, 0.3) is 0 Å². The molecule has 1 atom stereocenters. The van der Waals surface area contributed by atoms with E-state index in [0.717, 1.165) is 0 Å². The number of ether oxygens (including phenoxy) is 1. The van der Waals surface area contributed by atoms with Gasteiger partial charge in [0.2, 0.25) is 0 Å². The lowest BCUT2D eigenvalue weighted by atomic mass is 10.1. The van der Waals surface area contributed by atoms with Gasteiger partial charge in [-0.05, 0) is 26.0 Å². The lowest BCUT2D eigenvalue weighted by Gasteiger charge is -2.13. The summed E-state index contributed by atoms with van der Waals surface area (Å²) >= 11 is 0. The molecule has 2 heterocycles. The topological polar surface area (TPSA) is 68.1 Å². The van der Waals surface area contributed by atoms with Crippen LogP contribution < -0.4 is 4.74 Å². The molecule has 0 aliphatic heterocycles. The summed E-state index contributed by atoms with van der Waals surface area (Å²) in [5.41, 5.74) is 1.18. The fourth-order valence-corrected chi connectivity index (χ4v) is 1.56. The van der Waals surface area contributed by atoms with Crippen LogP contribution in [0.2, 0.25) is 0 Å². The van der Waals surface area contributed by atoms with E-state index in [1.54, 1.807) is 30.7 Å². The van der Waals surface area contributed by atoms with E-state index in [2.05, 4.69) is 15.0 Å². The quantitative estimate of drug-likeness (QED) is 0.888. The predicted molar refractivity (Wildman–Crippen MR) is 66.1 cm³/mol. The van der Waals surface area contributed by atoms with Crippen molar-refractivity contribution in [1.29, 1.82) is 0 Å². The van der Waals surface area contributed by atoms with Crippen molar-refractivity contribution in [2.75, 3.05) is 0 Å². The number of pyridine rings is 1. The molecule has 0 bridgehead atoms. The van der Waals surface area contributed by atoms with Crippen molar-refractivity contribution >= 4 is 0 Å². The molecule has 5 nitrogen and oxygen atoms in total. The van der Waals surface area contributed by atoms with Crippen LogP contribution in [-0.4, -0.2) is 26.2 Å². The molecule has 0 saturated carbocycles.